The molecule has 5 nitrogen and oxygen atoms in total. The molecule has 0 saturated carbocycles. The van der Waals surface area contributed by atoms with E-state index in [1.165, 1.54) is 19.3 Å². The summed E-state index contributed by atoms with van der Waals surface area (Å²) in [6.07, 6.45) is 3.74. The van der Waals surface area contributed by atoms with Gasteiger partial charge in [0.15, 0.2) is 0 Å². The van der Waals surface area contributed by atoms with Crippen molar-refractivity contribution in [2.75, 3.05) is 32.6 Å². The van der Waals surface area contributed by atoms with Crippen LogP contribution < -0.4 is 15.8 Å². The van der Waals surface area contributed by atoms with Crippen molar-refractivity contribution in [2.45, 2.75) is 25.3 Å². The highest BCUT2D eigenvalue weighted by Gasteiger charge is 2.19. The number of carbonyl (C=O) groups excluding carboxylic acids is 1. The van der Waals surface area contributed by atoms with Crippen LogP contribution in [0, 0.1) is 0 Å². The number of nitrogens with two attached hydrogens (primary N) is 1. The summed E-state index contributed by atoms with van der Waals surface area (Å²) in [5, 5.41) is 3.39. The van der Waals surface area contributed by atoms with E-state index in [2.05, 4.69) is 17.3 Å². The van der Waals surface area contributed by atoms with E-state index in [1.807, 2.05) is 0 Å². The molecule has 1 fully saturated rings. The molecule has 5 heteroatoms. The summed E-state index contributed by atoms with van der Waals surface area (Å²) in [5.41, 5.74) is 6.63. The Bertz CT molecular complexity index is 476. The molecule has 0 spiro atoms. The summed E-state index contributed by atoms with van der Waals surface area (Å²) in [7, 11) is 3.78. The normalized spacial score (nSPS) is 19.6. The number of anilines is 1. The molecule has 1 aliphatic rings. The number of methoxy groups -OCH3 is 1. The second-order valence-electron chi connectivity index (χ2n) is 5.29. The van der Waals surface area contributed by atoms with Crippen LogP contribution in [0.1, 0.15) is 29.6 Å². The number of rotatable bonds is 5. The molecule has 0 aliphatic carbocycles. The molecule has 0 radical (unpaired) electrons. The number of carbonyl (C=O) groups is 1. The van der Waals surface area contributed by atoms with Crippen molar-refractivity contribution in [1.82, 2.24) is 4.90 Å². The van der Waals surface area contributed by atoms with Gasteiger partial charge in [-0.25, -0.2) is 0 Å². The maximum Gasteiger partial charge on any atom is 0.248 e. The lowest BCUT2D eigenvalue weighted by Crippen LogP contribution is -2.40. The predicted molar refractivity (Wildman–Crippen MR) is 80.3 cm³/mol. The largest absolute Gasteiger partial charge is 0.495 e. The first-order chi connectivity index (χ1) is 9.61. The third-order valence-electron chi connectivity index (χ3n) is 3.93. The van der Waals surface area contributed by atoms with Gasteiger partial charge in [0.1, 0.15) is 5.75 Å². The minimum atomic E-state index is -0.425. The third-order valence-corrected chi connectivity index (χ3v) is 3.93. The van der Waals surface area contributed by atoms with Crippen molar-refractivity contribution in [3.05, 3.63) is 23.8 Å². The van der Waals surface area contributed by atoms with Crippen molar-refractivity contribution < 1.29 is 9.53 Å². The molecule has 110 valence electrons. The van der Waals surface area contributed by atoms with E-state index in [0.717, 1.165) is 24.5 Å². The number of hydrogen-bond acceptors (Lipinski definition) is 4. The van der Waals surface area contributed by atoms with Gasteiger partial charge in [-0.1, -0.05) is 6.42 Å². The monoisotopic (exact) mass is 277 g/mol. The van der Waals surface area contributed by atoms with Gasteiger partial charge < -0.3 is 20.7 Å². The second kappa shape index (κ2) is 6.61. The molecular formula is C15H23N3O2. The van der Waals surface area contributed by atoms with Crippen LogP contribution in [0.4, 0.5) is 5.69 Å². The zero-order chi connectivity index (χ0) is 14.5. The van der Waals surface area contributed by atoms with Gasteiger partial charge >= 0.3 is 0 Å². The molecule has 0 bridgehead atoms. The van der Waals surface area contributed by atoms with Crippen LogP contribution in [-0.4, -0.2) is 44.1 Å². The maximum absolute atomic E-state index is 11.3. The van der Waals surface area contributed by atoms with E-state index < -0.39 is 5.91 Å². The van der Waals surface area contributed by atoms with Gasteiger partial charge in [0, 0.05) is 18.2 Å². The molecule has 1 heterocycles. The Labute approximate surface area is 120 Å². The predicted octanol–water partition coefficient (Wildman–Crippen LogP) is 1.69. The van der Waals surface area contributed by atoms with Crippen LogP contribution in [0.3, 0.4) is 0 Å². The molecule has 1 unspecified atom stereocenters. The molecular weight excluding hydrogens is 254 g/mol. The highest BCUT2D eigenvalue weighted by atomic mass is 16.5. The first kappa shape index (κ1) is 14.7. The lowest BCUT2D eigenvalue weighted by molar-refractivity contribution is 0.100. The van der Waals surface area contributed by atoms with E-state index in [-0.39, 0.29) is 0 Å². The van der Waals surface area contributed by atoms with E-state index in [1.54, 1.807) is 25.3 Å². The van der Waals surface area contributed by atoms with E-state index in [4.69, 9.17) is 10.5 Å². The summed E-state index contributed by atoms with van der Waals surface area (Å²) in [5.74, 6) is 0.305. The fourth-order valence-electron chi connectivity index (χ4n) is 2.63. The van der Waals surface area contributed by atoms with Crippen molar-refractivity contribution in [3.8, 4) is 5.75 Å². The smallest absolute Gasteiger partial charge is 0.248 e. The zero-order valence-corrected chi connectivity index (χ0v) is 12.2. The van der Waals surface area contributed by atoms with E-state index >= 15 is 0 Å². The average Bonchev–Trinajstić information content (AvgIpc) is 2.46. The standard InChI is InChI=1S/C15H23N3O2/c1-18-8-4-3-5-12(18)10-17-13-9-11(15(16)19)6-7-14(13)20-2/h6-7,9,12,17H,3-5,8,10H2,1-2H3,(H2,16,19). The van der Waals surface area contributed by atoms with Gasteiger partial charge in [-0.3, -0.25) is 4.79 Å². The molecule has 3 N–H and O–H groups in total. The first-order valence-electron chi connectivity index (χ1n) is 7.03. The quantitative estimate of drug-likeness (QED) is 0.859. The fraction of sp³-hybridized carbons (Fsp3) is 0.533. The highest BCUT2D eigenvalue weighted by molar-refractivity contribution is 5.94. The van der Waals surface area contributed by atoms with E-state index in [9.17, 15) is 4.79 Å². The topological polar surface area (TPSA) is 67.6 Å². The zero-order valence-electron chi connectivity index (χ0n) is 12.2. The van der Waals surface area contributed by atoms with Gasteiger partial charge in [0.2, 0.25) is 5.91 Å². The SMILES string of the molecule is COc1ccc(C(N)=O)cc1NCC1CCCCN1C. The summed E-state index contributed by atoms with van der Waals surface area (Å²) in [4.78, 5) is 13.6. The van der Waals surface area contributed by atoms with Crippen LogP contribution in [0.25, 0.3) is 0 Å². The van der Waals surface area contributed by atoms with Crippen LogP contribution in [-0.2, 0) is 0 Å². The maximum atomic E-state index is 11.3. The molecule has 1 atom stereocenters. The highest BCUT2D eigenvalue weighted by Crippen LogP contribution is 2.26. The molecule has 1 aromatic rings. The van der Waals surface area contributed by atoms with Crippen molar-refractivity contribution in [1.29, 1.82) is 0 Å². The minimum absolute atomic E-state index is 0.425. The molecule has 1 saturated heterocycles. The van der Waals surface area contributed by atoms with Gasteiger partial charge in [0.25, 0.3) is 0 Å². The Hall–Kier alpha value is -1.75. The van der Waals surface area contributed by atoms with Crippen LogP contribution >= 0.6 is 0 Å². The van der Waals surface area contributed by atoms with E-state index in [0.29, 0.717) is 11.6 Å². The fourth-order valence-corrected chi connectivity index (χ4v) is 2.63. The number of piperidine rings is 1. The number of nitrogens with zero attached hydrogens (tertiary/aromatic N) is 1. The Morgan fingerprint density at radius 2 is 2.30 bits per heavy atom. The summed E-state index contributed by atoms with van der Waals surface area (Å²) >= 11 is 0. The van der Waals surface area contributed by atoms with Gasteiger partial charge in [0.05, 0.1) is 12.8 Å². The lowest BCUT2D eigenvalue weighted by Gasteiger charge is -2.32. The molecule has 0 aromatic heterocycles. The molecule has 1 aromatic carbocycles. The van der Waals surface area contributed by atoms with Gasteiger partial charge in [-0.05, 0) is 44.6 Å². The Morgan fingerprint density at radius 3 is 2.95 bits per heavy atom. The first-order valence-corrected chi connectivity index (χ1v) is 7.03. The van der Waals surface area contributed by atoms with Gasteiger partial charge in [-0.2, -0.15) is 0 Å². The van der Waals surface area contributed by atoms with Crippen molar-refractivity contribution in [2.24, 2.45) is 5.73 Å². The van der Waals surface area contributed by atoms with Gasteiger partial charge in [-0.15, -0.1) is 0 Å². The van der Waals surface area contributed by atoms with Crippen LogP contribution in [0.15, 0.2) is 18.2 Å². The number of likely N-dealkylation sites (N-methyl/N-ethyl adjacent to an activating group) is 1. The molecule has 2 rings (SSSR count). The number of benzene rings is 1. The average molecular weight is 277 g/mol. The minimum Gasteiger partial charge on any atom is -0.495 e. The van der Waals surface area contributed by atoms with Crippen molar-refractivity contribution in [3.63, 3.8) is 0 Å². The number of nitrogens with one attached hydrogen (secondary N) is 1. The number of likely N-dealkylation sites (tertiary alicyclic amines) is 1. The lowest BCUT2D eigenvalue weighted by atomic mass is 10.0. The number of amides is 1. The summed E-state index contributed by atoms with van der Waals surface area (Å²) in [6, 6.07) is 5.72. The van der Waals surface area contributed by atoms with Crippen LogP contribution in [0.5, 0.6) is 5.75 Å². The molecule has 20 heavy (non-hydrogen) atoms. The Morgan fingerprint density at radius 1 is 1.50 bits per heavy atom. The number of hydrogen-bond donors (Lipinski definition) is 2. The third kappa shape index (κ3) is 3.42. The van der Waals surface area contributed by atoms with Crippen molar-refractivity contribution >= 4 is 11.6 Å². The molecule has 1 aliphatic heterocycles. The van der Waals surface area contributed by atoms with Crippen LogP contribution in [0.2, 0.25) is 0 Å². The molecule has 1 amide bonds. The summed E-state index contributed by atoms with van der Waals surface area (Å²) in [6.45, 7) is 1.99. The Kier molecular flexibility index (Phi) is 4.84. The number of primary amides is 1. The summed E-state index contributed by atoms with van der Waals surface area (Å²) < 4.78 is 5.32. The Balaban J connectivity index is 2.07. The second-order valence-corrected chi connectivity index (χ2v) is 5.29. The number of ether oxygens (including phenoxy) is 1.